The van der Waals surface area contributed by atoms with Crippen LogP contribution in [0.4, 0.5) is 13.2 Å². The summed E-state index contributed by atoms with van der Waals surface area (Å²) in [5.74, 6) is -1.24. The van der Waals surface area contributed by atoms with Gasteiger partial charge in [-0.15, -0.1) is 0 Å². The number of hydrogen-bond donors (Lipinski definition) is 0. The SMILES string of the molecule is [O-]c1ncccc1C(F)(F)F. The maximum Gasteiger partial charge on any atom is 0.417 e. The molecule has 11 heavy (non-hydrogen) atoms. The van der Waals surface area contributed by atoms with Crippen molar-refractivity contribution in [1.29, 1.82) is 0 Å². The lowest BCUT2D eigenvalue weighted by atomic mass is 10.3. The maximum absolute atomic E-state index is 11.8. The summed E-state index contributed by atoms with van der Waals surface area (Å²) in [7, 11) is 0. The highest BCUT2D eigenvalue weighted by Gasteiger charge is 2.31. The molecular formula is C6H3F3NO-. The molecule has 2 nitrogen and oxygen atoms in total. The van der Waals surface area contributed by atoms with Crippen LogP contribution in [0.15, 0.2) is 18.3 Å². The maximum atomic E-state index is 11.8. The highest BCUT2D eigenvalue weighted by Crippen LogP contribution is 2.32. The fourth-order valence-electron chi connectivity index (χ4n) is 0.607. The molecule has 0 aromatic carbocycles. The summed E-state index contributed by atoms with van der Waals surface area (Å²) < 4.78 is 35.4. The van der Waals surface area contributed by atoms with E-state index in [2.05, 4.69) is 4.98 Å². The summed E-state index contributed by atoms with van der Waals surface area (Å²) in [4.78, 5) is 2.97. The summed E-state index contributed by atoms with van der Waals surface area (Å²) in [6.07, 6.45) is -3.57. The molecule has 0 unspecified atom stereocenters. The molecule has 0 atom stereocenters. The lowest BCUT2D eigenvalue weighted by Crippen LogP contribution is -2.10. The minimum Gasteiger partial charge on any atom is -0.858 e. The van der Waals surface area contributed by atoms with Crippen LogP contribution in [-0.2, 0) is 6.18 Å². The molecule has 0 saturated heterocycles. The van der Waals surface area contributed by atoms with Crippen molar-refractivity contribution in [3.05, 3.63) is 23.9 Å². The molecular weight excluding hydrogens is 159 g/mol. The van der Waals surface area contributed by atoms with Gasteiger partial charge in [-0.3, -0.25) is 4.98 Å². The fraction of sp³-hybridized carbons (Fsp3) is 0.167. The number of hydrogen-bond acceptors (Lipinski definition) is 2. The lowest BCUT2D eigenvalue weighted by molar-refractivity contribution is -0.282. The average molecular weight is 162 g/mol. The first kappa shape index (κ1) is 7.84. The number of nitrogens with zero attached hydrogens (tertiary/aromatic N) is 1. The predicted octanol–water partition coefficient (Wildman–Crippen LogP) is 1.17. The third-order valence-corrected chi connectivity index (χ3v) is 1.08. The molecule has 0 aliphatic heterocycles. The number of pyridine rings is 1. The van der Waals surface area contributed by atoms with Gasteiger partial charge in [0.05, 0.1) is 5.56 Å². The summed E-state index contributed by atoms with van der Waals surface area (Å²) in [5, 5.41) is 10.4. The molecule has 1 heterocycles. The van der Waals surface area contributed by atoms with Crippen LogP contribution in [0.3, 0.4) is 0 Å². The highest BCUT2D eigenvalue weighted by molar-refractivity contribution is 5.25. The standard InChI is InChI=1S/C6H4F3NO/c7-6(8,9)4-2-1-3-10-5(4)11/h1-3H,(H,10,11)/p-1. The molecule has 0 saturated carbocycles. The van der Waals surface area contributed by atoms with Crippen LogP contribution >= 0.6 is 0 Å². The van der Waals surface area contributed by atoms with Crippen LogP contribution in [-0.4, -0.2) is 4.98 Å². The Balaban J connectivity index is 3.14. The second-order valence-electron chi connectivity index (χ2n) is 1.85. The van der Waals surface area contributed by atoms with E-state index >= 15 is 0 Å². The number of alkyl halides is 3. The van der Waals surface area contributed by atoms with Gasteiger partial charge in [0.1, 0.15) is 0 Å². The average Bonchev–Trinajstić information content (AvgIpc) is 1.86. The van der Waals surface area contributed by atoms with Crippen molar-refractivity contribution in [1.82, 2.24) is 4.98 Å². The van der Waals surface area contributed by atoms with Gasteiger partial charge in [-0.1, -0.05) is 0 Å². The molecule has 0 aliphatic rings. The van der Waals surface area contributed by atoms with Gasteiger partial charge in [-0.05, 0) is 18.0 Å². The fourth-order valence-corrected chi connectivity index (χ4v) is 0.607. The van der Waals surface area contributed by atoms with Crippen LogP contribution in [0.5, 0.6) is 5.88 Å². The van der Waals surface area contributed by atoms with Crippen molar-refractivity contribution in [3.8, 4) is 5.88 Å². The molecule has 0 fully saturated rings. The van der Waals surface area contributed by atoms with Gasteiger partial charge in [0.25, 0.3) is 0 Å². The molecule has 5 heteroatoms. The van der Waals surface area contributed by atoms with E-state index < -0.39 is 17.6 Å². The van der Waals surface area contributed by atoms with Gasteiger partial charge in [0.15, 0.2) is 0 Å². The molecule has 0 bridgehead atoms. The summed E-state index contributed by atoms with van der Waals surface area (Å²) in [6, 6.07) is 1.78. The smallest absolute Gasteiger partial charge is 0.417 e. The van der Waals surface area contributed by atoms with Crippen molar-refractivity contribution in [2.45, 2.75) is 6.18 Å². The Bertz CT molecular complexity index is 258. The van der Waals surface area contributed by atoms with E-state index in [9.17, 15) is 18.3 Å². The van der Waals surface area contributed by atoms with Crippen molar-refractivity contribution >= 4 is 0 Å². The highest BCUT2D eigenvalue weighted by atomic mass is 19.4. The Morgan fingerprint density at radius 2 is 2.00 bits per heavy atom. The Morgan fingerprint density at radius 1 is 1.36 bits per heavy atom. The van der Waals surface area contributed by atoms with Gasteiger partial charge in [0, 0.05) is 6.20 Å². The van der Waals surface area contributed by atoms with Crippen LogP contribution in [0.2, 0.25) is 0 Å². The second-order valence-corrected chi connectivity index (χ2v) is 1.85. The molecule has 0 amide bonds. The molecule has 1 rings (SSSR count). The van der Waals surface area contributed by atoms with E-state index in [1.807, 2.05) is 0 Å². The minimum absolute atomic E-state index is 0.704. The zero-order chi connectivity index (χ0) is 8.48. The van der Waals surface area contributed by atoms with Crippen molar-refractivity contribution < 1.29 is 18.3 Å². The van der Waals surface area contributed by atoms with Gasteiger partial charge in [-0.25, -0.2) is 0 Å². The Morgan fingerprint density at radius 3 is 2.36 bits per heavy atom. The molecule has 0 radical (unpaired) electrons. The largest absolute Gasteiger partial charge is 0.858 e. The third kappa shape index (κ3) is 1.60. The first-order valence-electron chi connectivity index (χ1n) is 2.71. The van der Waals surface area contributed by atoms with Crippen molar-refractivity contribution in [3.63, 3.8) is 0 Å². The number of rotatable bonds is 0. The summed E-state index contributed by atoms with van der Waals surface area (Å²) >= 11 is 0. The van der Waals surface area contributed by atoms with Crippen LogP contribution in [0.25, 0.3) is 0 Å². The number of aromatic nitrogens is 1. The molecule has 0 N–H and O–H groups in total. The predicted molar refractivity (Wildman–Crippen MR) is 28.7 cm³/mol. The van der Waals surface area contributed by atoms with Gasteiger partial charge >= 0.3 is 6.18 Å². The van der Waals surface area contributed by atoms with Crippen LogP contribution in [0, 0.1) is 0 Å². The van der Waals surface area contributed by atoms with E-state index in [4.69, 9.17) is 0 Å². The molecule has 0 spiro atoms. The van der Waals surface area contributed by atoms with E-state index in [1.165, 1.54) is 0 Å². The topological polar surface area (TPSA) is 36.0 Å². The molecule has 0 aliphatic carbocycles. The van der Waals surface area contributed by atoms with Crippen LogP contribution in [0.1, 0.15) is 5.56 Å². The first-order chi connectivity index (χ1) is 5.02. The molecule has 1 aromatic rings. The summed E-state index contributed by atoms with van der Waals surface area (Å²) in [6.45, 7) is 0. The molecule has 60 valence electrons. The Kier molecular flexibility index (Phi) is 1.72. The summed E-state index contributed by atoms with van der Waals surface area (Å²) in [5.41, 5.74) is -1.22. The molecule has 1 aromatic heterocycles. The van der Waals surface area contributed by atoms with E-state index in [0.29, 0.717) is 6.07 Å². The van der Waals surface area contributed by atoms with Crippen molar-refractivity contribution in [2.75, 3.05) is 0 Å². The van der Waals surface area contributed by atoms with Crippen LogP contribution < -0.4 is 5.11 Å². The van der Waals surface area contributed by atoms with Gasteiger partial charge in [-0.2, -0.15) is 13.2 Å². The lowest BCUT2D eigenvalue weighted by Gasteiger charge is -2.13. The Labute approximate surface area is 60.3 Å². The zero-order valence-electron chi connectivity index (χ0n) is 5.22. The monoisotopic (exact) mass is 162 g/mol. The minimum atomic E-state index is -4.59. The third-order valence-electron chi connectivity index (χ3n) is 1.08. The van der Waals surface area contributed by atoms with E-state index in [-0.39, 0.29) is 0 Å². The quantitative estimate of drug-likeness (QED) is 0.574. The van der Waals surface area contributed by atoms with Gasteiger partial charge in [0.2, 0.25) is 0 Å². The zero-order valence-corrected chi connectivity index (χ0v) is 5.22. The van der Waals surface area contributed by atoms with Crippen molar-refractivity contribution in [2.24, 2.45) is 0 Å². The second kappa shape index (κ2) is 2.41. The van der Waals surface area contributed by atoms with E-state index in [1.54, 1.807) is 0 Å². The first-order valence-corrected chi connectivity index (χ1v) is 2.71. The van der Waals surface area contributed by atoms with E-state index in [0.717, 1.165) is 12.3 Å². The Hall–Kier alpha value is -1.26. The number of halogens is 3. The normalized spacial score (nSPS) is 11.5. The van der Waals surface area contributed by atoms with Gasteiger partial charge < -0.3 is 5.11 Å².